The maximum Gasteiger partial charge on any atom is 0.262 e. The zero-order valence-electron chi connectivity index (χ0n) is 13.4. The van der Waals surface area contributed by atoms with Crippen LogP contribution in [0.3, 0.4) is 0 Å². The number of hydrogen-bond acceptors (Lipinski definition) is 3. The molecule has 0 atom stereocenters. The Morgan fingerprint density at radius 2 is 1.70 bits per heavy atom. The average Bonchev–Trinajstić information content (AvgIpc) is 2.54. The molecule has 23 heavy (non-hydrogen) atoms. The van der Waals surface area contributed by atoms with Gasteiger partial charge in [-0.2, -0.15) is 0 Å². The summed E-state index contributed by atoms with van der Waals surface area (Å²) in [6, 6.07) is 15.3. The number of hydrogen-bond donors (Lipinski definition) is 2. The van der Waals surface area contributed by atoms with Gasteiger partial charge in [-0.05, 0) is 41.3 Å². The van der Waals surface area contributed by atoms with Crippen LogP contribution in [0.25, 0.3) is 0 Å². The summed E-state index contributed by atoms with van der Waals surface area (Å²) in [7, 11) is 0. The largest absolute Gasteiger partial charge is 0.484 e. The fourth-order valence-corrected chi connectivity index (χ4v) is 2.02. The van der Waals surface area contributed by atoms with Gasteiger partial charge in [-0.25, -0.2) is 0 Å². The van der Waals surface area contributed by atoms with Crippen molar-refractivity contribution in [1.82, 2.24) is 0 Å². The summed E-state index contributed by atoms with van der Waals surface area (Å²) in [6.07, 6.45) is 0. The lowest BCUT2D eigenvalue weighted by Crippen LogP contribution is -2.20. The minimum absolute atomic E-state index is 0. The first-order valence-electron chi connectivity index (χ1n) is 7.40. The van der Waals surface area contributed by atoms with Crippen molar-refractivity contribution in [3.8, 4) is 5.75 Å². The molecule has 4 nitrogen and oxygen atoms in total. The third-order valence-corrected chi connectivity index (χ3v) is 3.39. The molecule has 0 unspecified atom stereocenters. The zero-order valence-corrected chi connectivity index (χ0v) is 14.2. The lowest BCUT2D eigenvalue weighted by Gasteiger charge is -2.09. The van der Waals surface area contributed by atoms with Crippen molar-refractivity contribution in [2.24, 2.45) is 5.73 Å². The molecule has 0 saturated heterocycles. The number of ether oxygens (including phenoxy) is 1. The minimum Gasteiger partial charge on any atom is -0.484 e. The third kappa shape index (κ3) is 5.93. The smallest absolute Gasteiger partial charge is 0.262 e. The molecule has 0 spiro atoms. The monoisotopic (exact) mass is 334 g/mol. The van der Waals surface area contributed by atoms with Gasteiger partial charge in [0.15, 0.2) is 6.61 Å². The molecule has 1 amide bonds. The summed E-state index contributed by atoms with van der Waals surface area (Å²) < 4.78 is 5.49. The molecule has 2 rings (SSSR count). The van der Waals surface area contributed by atoms with Gasteiger partial charge < -0.3 is 15.8 Å². The standard InChI is InChI=1S/C18H22N2O2.ClH/c1-13(2)15-5-9-17(10-6-15)22-12-18(21)20-16-7-3-14(11-19)4-8-16;/h3-10,13H,11-12,19H2,1-2H3,(H,20,21);1H. The Kier molecular flexibility index (Phi) is 7.59. The Balaban J connectivity index is 0.00000264. The molecule has 5 heteroatoms. The number of benzene rings is 2. The van der Waals surface area contributed by atoms with Crippen LogP contribution in [0, 0.1) is 0 Å². The second-order valence-corrected chi connectivity index (χ2v) is 5.46. The molecule has 0 aliphatic heterocycles. The molecular weight excluding hydrogens is 312 g/mol. The predicted molar refractivity (Wildman–Crippen MR) is 96.2 cm³/mol. The Bertz CT molecular complexity index is 610. The van der Waals surface area contributed by atoms with Crippen molar-refractivity contribution < 1.29 is 9.53 Å². The number of carbonyl (C=O) groups is 1. The summed E-state index contributed by atoms with van der Waals surface area (Å²) in [5.41, 5.74) is 8.55. The lowest BCUT2D eigenvalue weighted by molar-refractivity contribution is -0.118. The average molecular weight is 335 g/mol. The van der Waals surface area contributed by atoms with Crippen LogP contribution < -0.4 is 15.8 Å². The number of amides is 1. The van der Waals surface area contributed by atoms with Crippen LogP contribution in [0.2, 0.25) is 0 Å². The Morgan fingerprint density at radius 3 is 2.22 bits per heavy atom. The van der Waals surface area contributed by atoms with Crippen molar-refractivity contribution >= 4 is 24.0 Å². The van der Waals surface area contributed by atoms with E-state index in [0.29, 0.717) is 18.2 Å². The molecule has 0 aliphatic rings. The molecule has 0 aromatic heterocycles. The molecule has 2 aromatic carbocycles. The van der Waals surface area contributed by atoms with Gasteiger partial charge in [-0.1, -0.05) is 38.1 Å². The SMILES string of the molecule is CC(C)c1ccc(OCC(=O)Nc2ccc(CN)cc2)cc1.Cl. The van der Waals surface area contributed by atoms with Crippen LogP contribution in [0.1, 0.15) is 30.9 Å². The Morgan fingerprint density at radius 1 is 1.09 bits per heavy atom. The highest BCUT2D eigenvalue weighted by Crippen LogP contribution is 2.18. The van der Waals surface area contributed by atoms with Gasteiger partial charge in [-0.15, -0.1) is 12.4 Å². The van der Waals surface area contributed by atoms with Crippen molar-refractivity contribution in [2.75, 3.05) is 11.9 Å². The number of halogens is 1. The van der Waals surface area contributed by atoms with E-state index in [0.717, 1.165) is 11.3 Å². The van der Waals surface area contributed by atoms with Gasteiger partial charge in [-0.3, -0.25) is 4.79 Å². The van der Waals surface area contributed by atoms with Crippen LogP contribution in [0.5, 0.6) is 5.75 Å². The second kappa shape index (κ2) is 9.18. The normalized spacial score (nSPS) is 10.1. The molecule has 3 N–H and O–H groups in total. The van der Waals surface area contributed by atoms with Gasteiger partial charge in [0.25, 0.3) is 5.91 Å². The van der Waals surface area contributed by atoms with E-state index in [9.17, 15) is 4.79 Å². The second-order valence-electron chi connectivity index (χ2n) is 5.46. The number of nitrogens with two attached hydrogens (primary N) is 1. The van der Waals surface area contributed by atoms with Gasteiger partial charge in [0.05, 0.1) is 0 Å². The summed E-state index contributed by atoms with van der Waals surface area (Å²) in [5, 5.41) is 2.79. The predicted octanol–water partition coefficient (Wildman–Crippen LogP) is 3.71. The van der Waals surface area contributed by atoms with E-state index in [1.807, 2.05) is 48.5 Å². The van der Waals surface area contributed by atoms with E-state index in [2.05, 4.69) is 19.2 Å². The van der Waals surface area contributed by atoms with Gasteiger partial charge in [0.1, 0.15) is 5.75 Å². The quantitative estimate of drug-likeness (QED) is 0.846. The van der Waals surface area contributed by atoms with E-state index >= 15 is 0 Å². The Hall–Kier alpha value is -2.04. The molecular formula is C18H23ClN2O2. The molecule has 0 heterocycles. The van der Waals surface area contributed by atoms with Crippen molar-refractivity contribution in [3.05, 3.63) is 59.7 Å². The zero-order chi connectivity index (χ0) is 15.9. The van der Waals surface area contributed by atoms with Gasteiger partial charge in [0.2, 0.25) is 0 Å². The van der Waals surface area contributed by atoms with Crippen LogP contribution in [-0.2, 0) is 11.3 Å². The first kappa shape index (κ1) is 19.0. The molecule has 0 saturated carbocycles. The van der Waals surface area contributed by atoms with E-state index < -0.39 is 0 Å². The summed E-state index contributed by atoms with van der Waals surface area (Å²) in [6.45, 7) is 4.75. The lowest BCUT2D eigenvalue weighted by atomic mass is 10.0. The number of carbonyl (C=O) groups excluding carboxylic acids is 1. The number of nitrogens with one attached hydrogen (secondary N) is 1. The highest BCUT2D eigenvalue weighted by Gasteiger charge is 2.05. The third-order valence-electron chi connectivity index (χ3n) is 3.39. The van der Waals surface area contributed by atoms with Crippen molar-refractivity contribution in [3.63, 3.8) is 0 Å². The van der Waals surface area contributed by atoms with Crippen LogP contribution >= 0.6 is 12.4 Å². The fraction of sp³-hybridized carbons (Fsp3) is 0.278. The Labute approximate surface area is 143 Å². The summed E-state index contributed by atoms with van der Waals surface area (Å²) in [5.74, 6) is 0.986. The van der Waals surface area contributed by atoms with E-state index in [4.69, 9.17) is 10.5 Å². The van der Waals surface area contributed by atoms with Crippen LogP contribution in [-0.4, -0.2) is 12.5 Å². The maximum atomic E-state index is 11.9. The number of rotatable bonds is 6. The van der Waals surface area contributed by atoms with Crippen molar-refractivity contribution in [1.29, 1.82) is 0 Å². The van der Waals surface area contributed by atoms with Crippen molar-refractivity contribution in [2.45, 2.75) is 26.3 Å². The first-order chi connectivity index (χ1) is 10.6. The summed E-state index contributed by atoms with van der Waals surface area (Å²) in [4.78, 5) is 11.9. The first-order valence-corrected chi connectivity index (χ1v) is 7.40. The van der Waals surface area contributed by atoms with Gasteiger partial charge in [0, 0.05) is 12.2 Å². The molecule has 2 aromatic rings. The highest BCUT2D eigenvalue weighted by molar-refractivity contribution is 5.91. The van der Waals surface area contributed by atoms with Crippen LogP contribution in [0.4, 0.5) is 5.69 Å². The maximum absolute atomic E-state index is 11.9. The van der Waals surface area contributed by atoms with E-state index in [-0.39, 0.29) is 24.9 Å². The van der Waals surface area contributed by atoms with E-state index in [1.165, 1.54) is 5.56 Å². The highest BCUT2D eigenvalue weighted by atomic mass is 35.5. The van der Waals surface area contributed by atoms with Gasteiger partial charge >= 0.3 is 0 Å². The molecule has 0 bridgehead atoms. The molecule has 0 aliphatic carbocycles. The topological polar surface area (TPSA) is 64.3 Å². The molecule has 124 valence electrons. The van der Waals surface area contributed by atoms with E-state index in [1.54, 1.807) is 0 Å². The number of anilines is 1. The minimum atomic E-state index is -0.187. The fourth-order valence-electron chi connectivity index (χ4n) is 2.02. The summed E-state index contributed by atoms with van der Waals surface area (Å²) >= 11 is 0. The van der Waals surface area contributed by atoms with Crippen LogP contribution in [0.15, 0.2) is 48.5 Å². The molecule has 0 radical (unpaired) electrons. The molecule has 0 fully saturated rings.